The zero-order valence-electron chi connectivity index (χ0n) is 16.2. The van der Waals surface area contributed by atoms with Gasteiger partial charge in [-0.1, -0.05) is 26.2 Å². The molecule has 3 heterocycles. The van der Waals surface area contributed by atoms with E-state index in [-0.39, 0.29) is 12.0 Å². The summed E-state index contributed by atoms with van der Waals surface area (Å²) < 4.78 is 5.74. The predicted octanol–water partition coefficient (Wildman–Crippen LogP) is 2.53. The van der Waals surface area contributed by atoms with Gasteiger partial charge in [-0.05, 0) is 6.42 Å². The number of anilines is 1. The Bertz CT molecular complexity index is 656. The highest BCUT2D eigenvalue weighted by molar-refractivity contribution is 5.93. The molecule has 0 aliphatic carbocycles. The van der Waals surface area contributed by atoms with Crippen molar-refractivity contribution in [1.82, 2.24) is 19.8 Å². The van der Waals surface area contributed by atoms with E-state index in [1.807, 2.05) is 4.90 Å². The maximum atomic E-state index is 12.6. The zero-order chi connectivity index (χ0) is 19.3. The molecule has 1 spiro atoms. The van der Waals surface area contributed by atoms with Crippen LogP contribution in [-0.4, -0.2) is 70.6 Å². The van der Waals surface area contributed by atoms with Gasteiger partial charge in [-0.3, -0.25) is 4.79 Å². The van der Waals surface area contributed by atoms with Crippen LogP contribution in [-0.2, 0) is 4.74 Å². The Morgan fingerprint density at radius 1 is 1.22 bits per heavy atom. The van der Waals surface area contributed by atoms with Crippen LogP contribution in [0.2, 0.25) is 0 Å². The van der Waals surface area contributed by atoms with Crippen molar-refractivity contribution in [2.75, 3.05) is 38.5 Å². The third kappa shape index (κ3) is 4.48. The van der Waals surface area contributed by atoms with Gasteiger partial charge in [0.15, 0.2) is 0 Å². The summed E-state index contributed by atoms with van der Waals surface area (Å²) in [5.74, 6) is 0.411. The van der Waals surface area contributed by atoms with E-state index >= 15 is 0 Å². The molecule has 0 aromatic carbocycles. The minimum atomic E-state index is -0.439. The topological polar surface area (TPSA) is 87.7 Å². The Kier molecular flexibility index (Phi) is 6.13. The van der Waals surface area contributed by atoms with E-state index in [0.29, 0.717) is 44.0 Å². The van der Waals surface area contributed by atoms with E-state index in [1.165, 1.54) is 12.8 Å². The van der Waals surface area contributed by atoms with Crippen molar-refractivity contribution in [3.63, 3.8) is 0 Å². The largest absolute Gasteiger partial charge is 0.441 e. The molecule has 0 bridgehead atoms. The molecule has 3 rings (SSSR count). The molecular formula is C19H29N5O3. The fraction of sp³-hybridized carbons (Fsp3) is 0.684. The molecule has 1 aromatic rings. The number of unbranched alkanes of at least 4 members (excludes halogenated alkanes) is 3. The Balaban J connectivity index is 1.52. The van der Waals surface area contributed by atoms with E-state index in [2.05, 4.69) is 22.2 Å². The lowest BCUT2D eigenvalue weighted by Crippen LogP contribution is -2.48. The molecule has 8 nitrogen and oxygen atoms in total. The fourth-order valence-electron chi connectivity index (χ4n) is 3.72. The van der Waals surface area contributed by atoms with Crippen LogP contribution in [0.25, 0.3) is 0 Å². The summed E-state index contributed by atoms with van der Waals surface area (Å²) >= 11 is 0. The fourth-order valence-corrected chi connectivity index (χ4v) is 3.72. The van der Waals surface area contributed by atoms with Crippen LogP contribution >= 0.6 is 0 Å². The van der Waals surface area contributed by atoms with Crippen LogP contribution in [0.3, 0.4) is 0 Å². The molecule has 27 heavy (non-hydrogen) atoms. The standard InChI is InChI=1S/C19H29N5O3/c1-3-4-5-6-9-24-14-19(27-18(24)26)7-10-23(11-8-19)16(25)15-12-21-17(20-2)22-13-15/h12-13H,3-11,14H2,1-2H3,(H,20,21,22). The highest BCUT2D eigenvalue weighted by Gasteiger charge is 2.47. The molecule has 0 saturated carbocycles. The van der Waals surface area contributed by atoms with E-state index in [1.54, 1.807) is 24.3 Å². The van der Waals surface area contributed by atoms with Crippen molar-refractivity contribution in [3.05, 3.63) is 18.0 Å². The lowest BCUT2D eigenvalue weighted by Gasteiger charge is -2.37. The van der Waals surface area contributed by atoms with Gasteiger partial charge in [0.1, 0.15) is 5.60 Å². The molecule has 2 saturated heterocycles. The lowest BCUT2D eigenvalue weighted by atomic mass is 9.91. The molecule has 8 heteroatoms. The van der Waals surface area contributed by atoms with Gasteiger partial charge in [-0.25, -0.2) is 14.8 Å². The SMILES string of the molecule is CCCCCCN1CC2(CCN(C(=O)c3cnc(NC)nc3)CC2)OC1=O. The van der Waals surface area contributed by atoms with Gasteiger partial charge < -0.3 is 19.9 Å². The number of piperidine rings is 1. The van der Waals surface area contributed by atoms with Crippen molar-refractivity contribution in [3.8, 4) is 0 Å². The zero-order valence-corrected chi connectivity index (χ0v) is 16.2. The quantitative estimate of drug-likeness (QED) is 0.737. The summed E-state index contributed by atoms with van der Waals surface area (Å²) in [7, 11) is 1.73. The van der Waals surface area contributed by atoms with Crippen molar-refractivity contribution < 1.29 is 14.3 Å². The Morgan fingerprint density at radius 2 is 1.93 bits per heavy atom. The van der Waals surface area contributed by atoms with E-state index in [4.69, 9.17) is 4.74 Å². The van der Waals surface area contributed by atoms with Gasteiger partial charge >= 0.3 is 6.09 Å². The third-order valence-electron chi connectivity index (χ3n) is 5.41. The number of amides is 2. The van der Waals surface area contributed by atoms with Crippen LogP contribution in [0.1, 0.15) is 55.8 Å². The molecule has 1 N–H and O–H groups in total. The molecule has 0 radical (unpaired) electrons. The molecule has 148 valence electrons. The summed E-state index contributed by atoms with van der Waals surface area (Å²) in [5, 5.41) is 2.84. The number of nitrogens with zero attached hydrogens (tertiary/aromatic N) is 4. The normalized spacial score (nSPS) is 18.7. The van der Waals surface area contributed by atoms with Gasteiger partial charge in [0, 0.05) is 51.9 Å². The first-order chi connectivity index (χ1) is 13.1. The highest BCUT2D eigenvalue weighted by atomic mass is 16.6. The number of rotatable bonds is 7. The third-order valence-corrected chi connectivity index (χ3v) is 5.41. The number of ether oxygens (including phenoxy) is 1. The van der Waals surface area contributed by atoms with Crippen molar-refractivity contribution in [2.24, 2.45) is 0 Å². The maximum absolute atomic E-state index is 12.6. The first kappa shape index (κ1) is 19.4. The summed E-state index contributed by atoms with van der Waals surface area (Å²) in [5.41, 5.74) is 0.0383. The van der Waals surface area contributed by atoms with Crippen molar-refractivity contribution in [1.29, 1.82) is 0 Å². The first-order valence-corrected chi connectivity index (χ1v) is 9.84. The van der Waals surface area contributed by atoms with Gasteiger partial charge in [0.25, 0.3) is 5.91 Å². The maximum Gasteiger partial charge on any atom is 0.410 e. The molecule has 2 aliphatic heterocycles. The number of hydrogen-bond donors (Lipinski definition) is 1. The van der Waals surface area contributed by atoms with Crippen LogP contribution in [0.15, 0.2) is 12.4 Å². The second-order valence-corrected chi connectivity index (χ2v) is 7.37. The van der Waals surface area contributed by atoms with Crippen LogP contribution in [0, 0.1) is 0 Å². The number of carbonyl (C=O) groups excluding carboxylic acids is 2. The Hall–Kier alpha value is -2.38. The minimum Gasteiger partial charge on any atom is -0.441 e. The van der Waals surface area contributed by atoms with Gasteiger partial charge in [-0.15, -0.1) is 0 Å². The van der Waals surface area contributed by atoms with Crippen molar-refractivity contribution >= 4 is 17.9 Å². The number of nitrogens with one attached hydrogen (secondary N) is 1. The second-order valence-electron chi connectivity index (χ2n) is 7.37. The van der Waals surface area contributed by atoms with Crippen LogP contribution in [0.5, 0.6) is 0 Å². The van der Waals surface area contributed by atoms with Gasteiger partial charge in [-0.2, -0.15) is 0 Å². The summed E-state index contributed by atoms with van der Waals surface area (Å²) in [4.78, 5) is 36.7. The molecule has 2 aliphatic rings. The monoisotopic (exact) mass is 375 g/mol. The smallest absolute Gasteiger partial charge is 0.410 e. The predicted molar refractivity (Wildman–Crippen MR) is 102 cm³/mol. The van der Waals surface area contributed by atoms with Gasteiger partial charge in [0.2, 0.25) is 5.95 Å². The average Bonchev–Trinajstić information content (AvgIpc) is 3.00. The summed E-state index contributed by atoms with van der Waals surface area (Å²) in [6.07, 6.45) is 8.76. The number of likely N-dealkylation sites (tertiary alicyclic amines) is 1. The van der Waals surface area contributed by atoms with Crippen LogP contribution < -0.4 is 5.32 Å². The van der Waals surface area contributed by atoms with E-state index in [0.717, 1.165) is 19.4 Å². The number of hydrogen-bond acceptors (Lipinski definition) is 6. The highest BCUT2D eigenvalue weighted by Crippen LogP contribution is 2.33. The molecule has 2 amide bonds. The Morgan fingerprint density at radius 3 is 2.56 bits per heavy atom. The van der Waals surface area contributed by atoms with Crippen molar-refractivity contribution in [2.45, 2.75) is 51.0 Å². The number of aromatic nitrogens is 2. The summed E-state index contributed by atoms with van der Waals surface area (Å²) in [6.45, 7) is 4.72. The minimum absolute atomic E-state index is 0.0757. The second kappa shape index (κ2) is 8.54. The van der Waals surface area contributed by atoms with E-state index in [9.17, 15) is 9.59 Å². The molecule has 2 fully saturated rings. The average molecular weight is 375 g/mol. The first-order valence-electron chi connectivity index (χ1n) is 9.84. The molecule has 0 unspecified atom stereocenters. The molecule has 1 aromatic heterocycles. The van der Waals surface area contributed by atoms with Crippen LogP contribution in [0.4, 0.5) is 10.7 Å². The number of carbonyl (C=O) groups is 2. The van der Waals surface area contributed by atoms with Gasteiger partial charge in [0.05, 0.1) is 12.1 Å². The molecular weight excluding hydrogens is 346 g/mol. The lowest BCUT2D eigenvalue weighted by molar-refractivity contribution is 0.00311. The Labute approximate surface area is 160 Å². The summed E-state index contributed by atoms with van der Waals surface area (Å²) in [6, 6.07) is 0. The molecule has 0 atom stereocenters. The van der Waals surface area contributed by atoms with E-state index < -0.39 is 5.60 Å².